The van der Waals surface area contributed by atoms with Gasteiger partial charge in [0.2, 0.25) is 5.91 Å². The van der Waals surface area contributed by atoms with E-state index < -0.39 is 0 Å². The molecule has 1 saturated carbocycles. The first-order chi connectivity index (χ1) is 14.1. The third kappa shape index (κ3) is 5.46. The molecule has 1 atom stereocenters. The number of amides is 2. The zero-order chi connectivity index (χ0) is 20.2. The van der Waals surface area contributed by atoms with Crippen molar-refractivity contribution in [2.45, 2.75) is 45.7 Å². The number of rotatable bonds is 7. The van der Waals surface area contributed by atoms with Crippen LogP contribution in [0.25, 0.3) is 0 Å². The summed E-state index contributed by atoms with van der Waals surface area (Å²) in [7, 11) is 0. The van der Waals surface area contributed by atoms with Gasteiger partial charge in [-0.1, -0.05) is 31.2 Å². The van der Waals surface area contributed by atoms with Gasteiger partial charge < -0.3 is 10.6 Å². The number of benzene rings is 1. The monoisotopic (exact) mass is 411 g/mol. The van der Waals surface area contributed by atoms with Gasteiger partial charge in [-0.3, -0.25) is 14.5 Å². The maximum absolute atomic E-state index is 12.6. The van der Waals surface area contributed by atoms with Gasteiger partial charge in [-0.05, 0) is 61.4 Å². The zero-order valence-corrected chi connectivity index (χ0v) is 17.8. The number of carbonyl (C=O) groups is 2. The van der Waals surface area contributed by atoms with Gasteiger partial charge >= 0.3 is 0 Å². The number of thiophene rings is 1. The van der Waals surface area contributed by atoms with Gasteiger partial charge in [0.15, 0.2) is 0 Å². The molecule has 2 amide bonds. The largest absolute Gasteiger partial charge is 0.347 e. The second-order valence-electron chi connectivity index (χ2n) is 8.36. The molecule has 1 aliphatic carbocycles. The predicted octanol–water partition coefficient (Wildman–Crippen LogP) is 4.26. The van der Waals surface area contributed by atoms with Crippen LogP contribution in [0.2, 0.25) is 0 Å². The Labute approximate surface area is 176 Å². The van der Waals surface area contributed by atoms with Crippen LogP contribution in [-0.2, 0) is 17.9 Å². The Morgan fingerprint density at radius 1 is 1.10 bits per heavy atom. The Balaban J connectivity index is 1.33. The van der Waals surface area contributed by atoms with Gasteiger partial charge in [0.25, 0.3) is 5.91 Å². The minimum atomic E-state index is -0.0941. The average molecular weight is 412 g/mol. The Morgan fingerprint density at radius 3 is 2.66 bits per heavy atom. The number of nitrogens with zero attached hydrogens (tertiary/aromatic N) is 1. The molecule has 2 fully saturated rings. The molecule has 29 heavy (non-hydrogen) atoms. The summed E-state index contributed by atoms with van der Waals surface area (Å²) in [5.41, 5.74) is 2.45. The number of hydrogen-bond donors (Lipinski definition) is 2. The summed E-state index contributed by atoms with van der Waals surface area (Å²) in [4.78, 5) is 27.6. The van der Waals surface area contributed by atoms with Crippen molar-refractivity contribution in [1.82, 2.24) is 10.2 Å². The van der Waals surface area contributed by atoms with E-state index in [1.165, 1.54) is 29.7 Å². The standard InChI is InChI=1S/C23H29N3O2S/c1-16-5-4-12-26(14-16)15-19-7-3-2-6-18(19)13-24-23(28)20-10-11-21(29-20)25-22(27)17-8-9-17/h2-3,6-7,10-11,16-17H,4-5,8-9,12-15H2,1H3,(H,24,28)(H,25,27). The molecular formula is C23H29N3O2S. The summed E-state index contributed by atoms with van der Waals surface area (Å²) < 4.78 is 0. The number of piperidine rings is 1. The summed E-state index contributed by atoms with van der Waals surface area (Å²) >= 11 is 1.33. The van der Waals surface area contributed by atoms with Crippen molar-refractivity contribution in [2.75, 3.05) is 18.4 Å². The highest BCUT2D eigenvalue weighted by atomic mass is 32.1. The molecule has 1 aliphatic heterocycles. The normalized spacial score (nSPS) is 19.7. The van der Waals surface area contributed by atoms with E-state index in [2.05, 4.69) is 40.7 Å². The lowest BCUT2D eigenvalue weighted by Crippen LogP contribution is -2.34. The van der Waals surface area contributed by atoms with Crippen molar-refractivity contribution in [2.24, 2.45) is 11.8 Å². The van der Waals surface area contributed by atoms with Crippen molar-refractivity contribution in [3.05, 3.63) is 52.4 Å². The van der Waals surface area contributed by atoms with Gasteiger partial charge in [0.05, 0.1) is 9.88 Å². The van der Waals surface area contributed by atoms with Crippen LogP contribution in [0.5, 0.6) is 0 Å². The number of anilines is 1. The van der Waals surface area contributed by atoms with Crippen molar-refractivity contribution < 1.29 is 9.59 Å². The molecule has 154 valence electrons. The molecule has 2 aromatic rings. The molecule has 6 heteroatoms. The molecule has 2 N–H and O–H groups in total. The first kappa shape index (κ1) is 20.1. The van der Waals surface area contributed by atoms with E-state index in [0.717, 1.165) is 49.0 Å². The lowest BCUT2D eigenvalue weighted by Gasteiger charge is -2.31. The lowest BCUT2D eigenvalue weighted by molar-refractivity contribution is -0.117. The van der Waals surface area contributed by atoms with E-state index in [1.807, 2.05) is 12.1 Å². The molecule has 1 unspecified atom stereocenters. The lowest BCUT2D eigenvalue weighted by atomic mass is 9.99. The van der Waals surface area contributed by atoms with Crippen molar-refractivity contribution >= 4 is 28.2 Å². The predicted molar refractivity (Wildman–Crippen MR) is 117 cm³/mol. The highest BCUT2D eigenvalue weighted by Crippen LogP contribution is 2.31. The second-order valence-corrected chi connectivity index (χ2v) is 9.45. The minimum Gasteiger partial charge on any atom is -0.347 e. The number of hydrogen-bond acceptors (Lipinski definition) is 4. The highest BCUT2D eigenvalue weighted by Gasteiger charge is 2.29. The van der Waals surface area contributed by atoms with E-state index in [1.54, 1.807) is 6.07 Å². The molecule has 2 aliphatic rings. The van der Waals surface area contributed by atoms with Crippen molar-refractivity contribution in [3.63, 3.8) is 0 Å². The maximum Gasteiger partial charge on any atom is 0.261 e. The molecule has 1 aromatic carbocycles. The molecule has 1 saturated heterocycles. The number of likely N-dealkylation sites (tertiary alicyclic amines) is 1. The van der Waals surface area contributed by atoms with E-state index in [9.17, 15) is 9.59 Å². The van der Waals surface area contributed by atoms with Crippen LogP contribution in [0.1, 0.15) is 53.4 Å². The molecule has 5 nitrogen and oxygen atoms in total. The maximum atomic E-state index is 12.6. The summed E-state index contributed by atoms with van der Waals surface area (Å²) in [5.74, 6) is 0.890. The van der Waals surface area contributed by atoms with E-state index in [-0.39, 0.29) is 17.7 Å². The molecule has 0 bridgehead atoms. The Morgan fingerprint density at radius 2 is 1.90 bits per heavy atom. The van der Waals surface area contributed by atoms with Crippen LogP contribution in [0, 0.1) is 11.8 Å². The zero-order valence-electron chi connectivity index (χ0n) is 16.9. The van der Waals surface area contributed by atoms with Crippen LogP contribution >= 0.6 is 11.3 Å². The molecule has 2 heterocycles. The Kier molecular flexibility index (Phi) is 6.31. The highest BCUT2D eigenvalue weighted by molar-refractivity contribution is 7.18. The average Bonchev–Trinajstić information content (AvgIpc) is 3.47. The number of nitrogens with one attached hydrogen (secondary N) is 2. The fraction of sp³-hybridized carbons (Fsp3) is 0.478. The molecule has 1 aromatic heterocycles. The van der Waals surface area contributed by atoms with Crippen LogP contribution in [0.15, 0.2) is 36.4 Å². The van der Waals surface area contributed by atoms with Crippen LogP contribution in [0.3, 0.4) is 0 Å². The molecule has 4 rings (SSSR count). The third-order valence-electron chi connectivity index (χ3n) is 5.72. The Bertz CT molecular complexity index is 875. The van der Waals surface area contributed by atoms with Crippen LogP contribution in [-0.4, -0.2) is 29.8 Å². The van der Waals surface area contributed by atoms with Crippen LogP contribution < -0.4 is 10.6 Å². The molecule has 0 radical (unpaired) electrons. The van der Waals surface area contributed by atoms with E-state index in [0.29, 0.717) is 11.4 Å². The summed E-state index contributed by atoms with van der Waals surface area (Å²) in [5, 5.41) is 6.69. The first-order valence-corrected chi connectivity index (χ1v) is 11.4. The van der Waals surface area contributed by atoms with Gasteiger partial charge in [-0.15, -0.1) is 11.3 Å². The quantitative estimate of drug-likeness (QED) is 0.716. The smallest absolute Gasteiger partial charge is 0.261 e. The van der Waals surface area contributed by atoms with Gasteiger partial charge in [0.1, 0.15) is 0 Å². The SMILES string of the molecule is CC1CCCN(Cc2ccccc2CNC(=O)c2ccc(NC(=O)C3CC3)s2)C1. The fourth-order valence-electron chi connectivity index (χ4n) is 3.91. The second kappa shape index (κ2) is 9.09. The summed E-state index contributed by atoms with van der Waals surface area (Å²) in [6, 6.07) is 12.0. The van der Waals surface area contributed by atoms with E-state index in [4.69, 9.17) is 0 Å². The molecule has 0 spiro atoms. The number of carbonyl (C=O) groups excluding carboxylic acids is 2. The fourth-order valence-corrected chi connectivity index (χ4v) is 4.74. The van der Waals surface area contributed by atoms with Crippen molar-refractivity contribution in [3.8, 4) is 0 Å². The van der Waals surface area contributed by atoms with Gasteiger partial charge in [-0.2, -0.15) is 0 Å². The van der Waals surface area contributed by atoms with Crippen LogP contribution in [0.4, 0.5) is 5.00 Å². The molecular weight excluding hydrogens is 382 g/mol. The van der Waals surface area contributed by atoms with Crippen molar-refractivity contribution in [1.29, 1.82) is 0 Å². The van der Waals surface area contributed by atoms with Gasteiger partial charge in [0, 0.05) is 25.6 Å². The minimum absolute atomic E-state index is 0.0692. The van der Waals surface area contributed by atoms with E-state index >= 15 is 0 Å². The Hall–Kier alpha value is -2.18. The first-order valence-electron chi connectivity index (χ1n) is 10.6. The topological polar surface area (TPSA) is 61.4 Å². The van der Waals surface area contributed by atoms with Gasteiger partial charge in [-0.25, -0.2) is 0 Å². The third-order valence-corrected chi connectivity index (χ3v) is 6.72. The summed E-state index contributed by atoms with van der Waals surface area (Å²) in [6.07, 6.45) is 4.52. The summed E-state index contributed by atoms with van der Waals surface area (Å²) in [6.45, 7) is 6.06.